The lowest BCUT2D eigenvalue weighted by atomic mass is 10.3. The van der Waals surface area contributed by atoms with E-state index >= 15 is 0 Å². The number of nitrogens with zero attached hydrogens (tertiary/aromatic N) is 6. The third-order valence-corrected chi connectivity index (χ3v) is 3.83. The summed E-state index contributed by atoms with van der Waals surface area (Å²) in [7, 11) is 2.59. The average Bonchev–Trinajstić information content (AvgIpc) is 3.32. The van der Waals surface area contributed by atoms with Gasteiger partial charge < -0.3 is 9.47 Å². The second kappa shape index (κ2) is 8.00. The number of fused-ring (bicyclic) bond motifs is 2. The molecule has 10 nitrogen and oxygen atoms in total. The molecular weight excluding hydrogens is 383 g/mol. The number of halogens is 1. The Morgan fingerprint density at radius 1 is 0.931 bits per heavy atom. The van der Waals surface area contributed by atoms with Crippen molar-refractivity contribution in [1.29, 1.82) is 0 Å². The second-order valence-electron chi connectivity index (χ2n) is 5.88. The number of hydrogen-bond acceptors (Lipinski definition) is 8. The van der Waals surface area contributed by atoms with Gasteiger partial charge in [0.2, 0.25) is 0 Å². The van der Waals surface area contributed by atoms with E-state index in [1.807, 2.05) is 6.92 Å². The third kappa shape index (κ3) is 3.88. The molecule has 150 valence electrons. The maximum absolute atomic E-state index is 13.2. The monoisotopic (exact) mass is 400 g/mol. The predicted molar refractivity (Wildman–Crippen MR) is 98.1 cm³/mol. The summed E-state index contributed by atoms with van der Waals surface area (Å²) in [5.41, 5.74) is 2.51. The van der Waals surface area contributed by atoms with Crippen molar-refractivity contribution < 1.29 is 23.5 Å². The number of esters is 2. The van der Waals surface area contributed by atoms with E-state index in [2.05, 4.69) is 29.6 Å². The Bertz CT molecular complexity index is 1220. The summed E-state index contributed by atoms with van der Waals surface area (Å²) in [4.78, 5) is 30.9. The van der Waals surface area contributed by atoms with Gasteiger partial charge in [0.25, 0.3) is 0 Å². The van der Waals surface area contributed by atoms with Crippen molar-refractivity contribution in [3.05, 3.63) is 59.2 Å². The Morgan fingerprint density at radius 3 is 2.14 bits per heavy atom. The number of carbonyl (C=O) groups is 2. The van der Waals surface area contributed by atoms with Gasteiger partial charge >= 0.3 is 11.9 Å². The van der Waals surface area contributed by atoms with Crippen LogP contribution in [0.1, 0.15) is 32.4 Å². The summed E-state index contributed by atoms with van der Waals surface area (Å²) in [5.74, 6) is -1.55. The Kier molecular flexibility index (Phi) is 5.48. The maximum Gasteiger partial charge on any atom is 0.356 e. The molecular formula is C18H17FN6O4. The number of aromatic nitrogens is 6. The molecule has 4 heterocycles. The van der Waals surface area contributed by atoms with E-state index in [0.717, 1.165) is 16.4 Å². The van der Waals surface area contributed by atoms with Gasteiger partial charge in [0.15, 0.2) is 28.5 Å². The minimum Gasteiger partial charge on any atom is -0.464 e. The van der Waals surface area contributed by atoms with Gasteiger partial charge in [-0.1, -0.05) is 0 Å². The lowest BCUT2D eigenvalue weighted by Crippen LogP contribution is -2.10. The van der Waals surface area contributed by atoms with Gasteiger partial charge in [-0.25, -0.2) is 33.0 Å². The molecule has 0 spiro atoms. The van der Waals surface area contributed by atoms with Gasteiger partial charge in [-0.05, 0) is 26.0 Å². The average molecular weight is 400 g/mol. The number of hydrogen-bond donors (Lipinski definition) is 0. The van der Waals surface area contributed by atoms with Gasteiger partial charge in [0.1, 0.15) is 0 Å². The summed E-state index contributed by atoms with van der Waals surface area (Å²) in [6.45, 7) is 3.48. The van der Waals surface area contributed by atoms with Crippen molar-refractivity contribution >= 4 is 23.2 Å². The zero-order chi connectivity index (χ0) is 21.1. The molecule has 0 saturated carbocycles. The standard InChI is InChI=1S/C9H8FN3O2.C9H9N3O2/c1-5-3-7(9(14)15-2)13-8(12-5)6(10)4-11-13;1-6-5-7(9(13)14-2)12-8(11-6)3-4-10-12/h3-4H,1-2H3;3-5H,1-2H3. The highest BCUT2D eigenvalue weighted by Crippen LogP contribution is 2.11. The zero-order valence-corrected chi connectivity index (χ0v) is 16.1. The Morgan fingerprint density at radius 2 is 1.52 bits per heavy atom. The number of rotatable bonds is 2. The van der Waals surface area contributed by atoms with Crippen molar-refractivity contribution in [2.24, 2.45) is 0 Å². The van der Waals surface area contributed by atoms with Crippen LogP contribution in [0.25, 0.3) is 11.3 Å². The van der Waals surface area contributed by atoms with Gasteiger partial charge in [0.05, 0.1) is 26.6 Å². The molecule has 0 radical (unpaired) electrons. The van der Waals surface area contributed by atoms with E-state index in [1.54, 1.807) is 25.3 Å². The van der Waals surface area contributed by atoms with Crippen LogP contribution in [0.5, 0.6) is 0 Å². The van der Waals surface area contributed by atoms with Crippen LogP contribution < -0.4 is 0 Å². The van der Waals surface area contributed by atoms with Crippen molar-refractivity contribution in [2.45, 2.75) is 13.8 Å². The van der Waals surface area contributed by atoms with Crippen LogP contribution in [0.4, 0.5) is 4.39 Å². The molecule has 0 amide bonds. The molecule has 4 aromatic heterocycles. The van der Waals surface area contributed by atoms with E-state index < -0.39 is 17.8 Å². The fraction of sp³-hybridized carbons (Fsp3) is 0.222. The predicted octanol–water partition coefficient (Wildman–Crippen LogP) is 1.79. The quantitative estimate of drug-likeness (QED) is 0.468. The molecule has 4 aromatic rings. The summed E-state index contributed by atoms with van der Waals surface area (Å²) in [6.07, 6.45) is 2.60. The molecule has 0 N–H and O–H groups in total. The first-order valence-corrected chi connectivity index (χ1v) is 8.34. The minimum absolute atomic E-state index is 0.0235. The molecule has 0 atom stereocenters. The topological polar surface area (TPSA) is 113 Å². The molecule has 29 heavy (non-hydrogen) atoms. The number of ether oxygens (including phenoxy) is 2. The van der Waals surface area contributed by atoms with Gasteiger partial charge in [0, 0.05) is 17.5 Å². The van der Waals surface area contributed by atoms with Gasteiger partial charge in [-0.15, -0.1) is 0 Å². The molecule has 11 heteroatoms. The van der Waals surface area contributed by atoms with Crippen molar-refractivity contribution in [1.82, 2.24) is 29.2 Å². The molecule has 0 aliphatic rings. The van der Waals surface area contributed by atoms with Crippen molar-refractivity contribution in [3.8, 4) is 0 Å². The van der Waals surface area contributed by atoms with E-state index in [-0.39, 0.29) is 11.3 Å². The van der Waals surface area contributed by atoms with Crippen LogP contribution in [-0.4, -0.2) is 55.4 Å². The first-order valence-electron chi connectivity index (χ1n) is 8.34. The Hall–Kier alpha value is -3.89. The van der Waals surface area contributed by atoms with E-state index in [0.29, 0.717) is 17.0 Å². The van der Waals surface area contributed by atoms with E-state index in [4.69, 9.17) is 0 Å². The van der Waals surface area contributed by atoms with Crippen molar-refractivity contribution in [2.75, 3.05) is 14.2 Å². The smallest absolute Gasteiger partial charge is 0.356 e. The fourth-order valence-corrected chi connectivity index (χ4v) is 2.60. The summed E-state index contributed by atoms with van der Waals surface area (Å²) >= 11 is 0. The summed E-state index contributed by atoms with van der Waals surface area (Å²) in [5, 5.41) is 7.69. The molecule has 0 unspecified atom stereocenters. The first kappa shape index (κ1) is 19.9. The normalized spacial score (nSPS) is 10.5. The minimum atomic E-state index is -0.575. The largest absolute Gasteiger partial charge is 0.464 e. The lowest BCUT2D eigenvalue weighted by Gasteiger charge is -2.03. The molecule has 0 bridgehead atoms. The van der Waals surface area contributed by atoms with Crippen LogP contribution in [0.15, 0.2) is 30.6 Å². The number of aryl methyl sites for hydroxylation is 2. The number of methoxy groups -OCH3 is 2. The van der Waals surface area contributed by atoms with Crippen LogP contribution in [0.3, 0.4) is 0 Å². The Balaban J connectivity index is 0.000000166. The molecule has 0 aromatic carbocycles. The third-order valence-electron chi connectivity index (χ3n) is 3.83. The molecule has 0 aliphatic carbocycles. The van der Waals surface area contributed by atoms with E-state index in [1.165, 1.54) is 24.8 Å². The summed E-state index contributed by atoms with van der Waals surface area (Å²) < 4.78 is 25.0. The number of carbonyl (C=O) groups excluding carboxylic acids is 2. The highest BCUT2D eigenvalue weighted by Gasteiger charge is 2.15. The molecule has 4 rings (SSSR count). The highest BCUT2D eigenvalue weighted by molar-refractivity contribution is 5.88. The fourth-order valence-electron chi connectivity index (χ4n) is 2.60. The molecule has 0 saturated heterocycles. The van der Waals surface area contributed by atoms with Gasteiger partial charge in [-0.3, -0.25) is 0 Å². The maximum atomic E-state index is 13.2. The van der Waals surface area contributed by atoms with Gasteiger partial charge in [-0.2, -0.15) is 10.2 Å². The first-order chi connectivity index (χ1) is 13.8. The zero-order valence-electron chi connectivity index (χ0n) is 16.1. The van der Waals surface area contributed by atoms with Crippen LogP contribution >= 0.6 is 0 Å². The summed E-state index contributed by atoms with van der Waals surface area (Å²) in [6, 6.07) is 4.87. The van der Waals surface area contributed by atoms with Crippen LogP contribution in [0.2, 0.25) is 0 Å². The van der Waals surface area contributed by atoms with E-state index in [9.17, 15) is 14.0 Å². The molecule has 0 fully saturated rings. The SMILES string of the molecule is COC(=O)c1cc(C)nc2c(F)cnn12.COC(=O)c1cc(C)nc2ccnn12. The second-order valence-corrected chi connectivity index (χ2v) is 5.88. The Labute approximate surface area is 163 Å². The highest BCUT2D eigenvalue weighted by atomic mass is 19.1. The van der Waals surface area contributed by atoms with Crippen LogP contribution in [0, 0.1) is 19.7 Å². The van der Waals surface area contributed by atoms with Crippen LogP contribution in [-0.2, 0) is 9.47 Å². The molecule has 0 aliphatic heterocycles. The lowest BCUT2D eigenvalue weighted by molar-refractivity contribution is 0.0581. The van der Waals surface area contributed by atoms with Crippen molar-refractivity contribution in [3.63, 3.8) is 0 Å².